The Hall–Kier alpha value is -1.54. The third kappa shape index (κ3) is 4.01. The molecule has 1 N–H and O–H groups in total. The Morgan fingerprint density at radius 3 is 3.05 bits per heavy atom. The van der Waals surface area contributed by atoms with Crippen molar-refractivity contribution < 1.29 is 9.53 Å². The van der Waals surface area contributed by atoms with Crippen LogP contribution in [0, 0.1) is 0 Å². The van der Waals surface area contributed by atoms with E-state index in [0.29, 0.717) is 16.5 Å². The number of pyridine rings is 1. The number of anilines is 1. The van der Waals surface area contributed by atoms with Crippen molar-refractivity contribution >= 4 is 34.5 Å². The minimum Gasteiger partial charge on any atom is -0.379 e. The van der Waals surface area contributed by atoms with Crippen LogP contribution in [0.1, 0.15) is 15.5 Å². The van der Waals surface area contributed by atoms with Crippen molar-refractivity contribution in [2.75, 3.05) is 31.6 Å². The van der Waals surface area contributed by atoms with E-state index >= 15 is 0 Å². The van der Waals surface area contributed by atoms with Gasteiger partial charge in [-0.25, -0.2) is 9.97 Å². The number of nitrogens with zero attached hydrogens (tertiary/aromatic N) is 3. The number of hydrogen-bond acceptors (Lipinski definition) is 6. The van der Waals surface area contributed by atoms with E-state index < -0.39 is 0 Å². The van der Waals surface area contributed by atoms with Crippen LogP contribution in [0.15, 0.2) is 23.7 Å². The van der Waals surface area contributed by atoms with Gasteiger partial charge in [0.1, 0.15) is 15.9 Å². The van der Waals surface area contributed by atoms with E-state index in [1.165, 1.54) is 11.3 Å². The molecule has 1 fully saturated rings. The quantitative estimate of drug-likeness (QED) is 0.866. The number of hydrogen-bond donors (Lipinski definition) is 1. The number of rotatable bonds is 4. The molecule has 1 amide bonds. The second-order valence-electron chi connectivity index (χ2n) is 4.84. The zero-order valence-corrected chi connectivity index (χ0v) is 13.4. The van der Waals surface area contributed by atoms with Crippen molar-refractivity contribution in [1.29, 1.82) is 0 Å². The monoisotopic (exact) mass is 338 g/mol. The highest BCUT2D eigenvalue weighted by molar-refractivity contribution is 7.09. The second-order valence-corrected chi connectivity index (χ2v) is 6.17. The van der Waals surface area contributed by atoms with Gasteiger partial charge in [-0.2, -0.15) is 0 Å². The number of morpholine rings is 1. The third-order valence-corrected chi connectivity index (χ3v) is 4.27. The summed E-state index contributed by atoms with van der Waals surface area (Å²) < 4.78 is 5.32. The third-order valence-electron chi connectivity index (χ3n) is 3.23. The molecule has 1 aliphatic heterocycles. The van der Waals surface area contributed by atoms with Gasteiger partial charge in [0.25, 0.3) is 5.91 Å². The van der Waals surface area contributed by atoms with E-state index in [1.54, 1.807) is 23.7 Å². The first-order chi connectivity index (χ1) is 10.7. The van der Waals surface area contributed by atoms with E-state index in [4.69, 9.17) is 16.3 Å². The van der Waals surface area contributed by atoms with Crippen LogP contribution in [0.2, 0.25) is 5.15 Å². The van der Waals surface area contributed by atoms with Crippen molar-refractivity contribution in [1.82, 2.24) is 14.9 Å². The van der Waals surface area contributed by atoms with Crippen LogP contribution in [-0.4, -0.2) is 47.1 Å². The predicted octanol–water partition coefficient (Wildman–Crippen LogP) is 2.28. The fraction of sp³-hybridized carbons (Fsp3) is 0.357. The molecule has 0 radical (unpaired) electrons. The normalized spacial score (nSPS) is 15.7. The van der Waals surface area contributed by atoms with Crippen LogP contribution in [-0.2, 0) is 11.3 Å². The van der Waals surface area contributed by atoms with Crippen LogP contribution in [0.25, 0.3) is 0 Å². The molecule has 1 saturated heterocycles. The predicted molar refractivity (Wildman–Crippen MR) is 85.4 cm³/mol. The Morgan fingerprint density at radius 1 is 1.45 bits per heavy atom. The van der Waals surface area contributed by atoms with Crippen LogP contribution >= 0.6 is 22.9 Å². The van der Waals surface area contributed by atoms with Gasteiger partial charge in [0.05, 0.1) is 19.8 Å². The maximum atomic E-state index is 12.2. The standard InChI is InChI=1S/C14H15ClN4O2S/c15-12-7-10(1-2-16-12)17-14(20)11-9-22-13(18-11)8-19-3-5-21-6-4-19/h1-2,7,9H,3-6,8H2,(H,16,17,20). The molecule has 8 heteroatoms. The number of aromatic nitrogens is 2. The number of amides is 1. The van der Waals surface area contributed by atoms with E-state index in [-0.39, 0.29) is 5.91 Å². The van der Waals surface area contributed by atoms with Crippen molar-refractivity contribution in [3.8, 4) is 0 Å². The van der Waals surface area contributed by atoms with E-state index in [0.717, 1.165) is 37.9 Å². The summed E-state index contributed by atoms with van der Waals surface area (Å²) in [4.78, 5) is 22.7. The first kappa shape index (κ1) is 15.4. The molecule has 0 unspecified atom stereocenters. The molecule has 1 aliphatic rings. The average Bonchev–Trinajstić information content (AvgIpc) is 2.97. The summed E-state index contributed by atoms with van der Waals surface area (Å²) in [6.45, 7) is 4.05. The highest BCUT2D eigenvalue weighted by Gasteiger charge is 2.15. The van der Waals surface area contributed by atoms with Crippen molar-refractivity contribution in [3.05, 3.63) is 39.6 Å². The molecular weight excluding hydrogens is 324 g/mol. The van der Waals surface area contributed by atoms with Gasteiger partial charge in [0.15, 0.2) is 0 Å². The molecule has 0 aliphatic carbocycles. The molecule has 3 rings (SSSR count). The van der Waals surface area contributed by atoms with Crippen molar-refractivity contribution in [2.45, 2.75) is 6.54 Å². The largest absolute Gasteiger partial charge is 0.379 e. The van der Waals surface area contributed by atoms with Crippen LogP contribution in [0.5, 0.6) is 0 Å². The smallest absolute Gasteiger partial charge is 0.275 e. The van der Waals surface area contributed by atoms with Gasteiger partial charge in [-0.15, -0.1) is 11.3 Å². The Labute approximate surface area is 137 Å². The van der Waals surface area contributed by atoms with Gasteiger partial charge >= 0.3 is 0 Å². The van der Waals surface area contributed by atoms with Gasteiger partial charge in [-0.05, 0) is 12.1 Å². The zero-order chi connectivity index (χ0) is 15.4. The molecule has 2 aromatic heterocycles. The fourth-order valence-corrected chi connectivity index (χ4v) is 3.10. The van der Waals surface area contributed by atoms with Gasteiger partial charge in [0, 0.05) is 30.4 Å². The Morgan fingerprint density at radius 2 is 2.27 bits per heavy atom. The topological polar surface area (TPSA) is 67.4 Å². The van der Waals surface area contributed by atoms with Gasteiger partial charge in [-0.3, -0.25) is 9.69 Å². The lowest BCUT2D eigenvalue weighted by atomic mass is 10.3. The van der Waals surface area contributed by atoms with Gasteiger partial charge in [-0.1, -0.05) is 11.6 Å². The molecule has 0 saturated carbocycles. The number of carbonyl (C=O) groups excluding carboxylic acids is 1. The lowest BCUT2D eigenvalue weighted by molar-refractivity contribution is 0.0341. The van der Waals surface area contributed by atoms with Crippen LogP contribution in [0.3, 0.4) is 0 Å². The molecule has 2 aromatic rings. The molecule has 116 valence electrons. The first-order valence-corrected chi connectivity index (χ1v) is 8.14. The molecule has 0 atom stereocenters. The molecule has 3 heterocycles. The molecular formula is C14H15ClN4O2S. The summed E-state index contributed by atoms with van der Waals surface area (Å²) in [6, 6.07) is 3.28. The summed E-state index contributed by atoms with van der Waals surface area (Å²) in [5, 5.41) is 5.80. The number of nitrogens with one attached hydrogen (secondary N) is 1. The SMILES string of the molecule is O=C(Nc1ccnc(Cl)c1)c1csc(CN2CCOCC2)n1. The minimum atomic E-state index is -0.244. The molecule has 22 heavy (non-hydrogen) atoms. The van der Waals surface area contributed by atoms with Crippen molar-refractivity contribution in [3.63, 3.8) is 0 Å². The highest BCUT2D eigenvalue weighted by Crippen LogP contribution is 2.16. The Balaban J connectivity index is 1.61. The van der Waals surface area contributed by atoms with E-state index in [1.807, 2.05) is 0 Å². The summed E-state index contributed by atoms with van der Waals surface area (Å²) in [5.41, 5.74) is 1.02. The second kappa shape index (κ2) is 7.15. The maximum Gasteiger partial charge on any atom is 0.275 e. The summed E-state index contributed by atoms with van der Waals surface area (Å²) in [6.07, 6.45) is 1.54. The summed E-state index contributed by atoms with van der Waals surface area (Å²) in [5.74, 6) is -0.244. The molecule has 6 nitrogen and oxygen atoms in total. The highest BCUT2D eigenvalue weighted by atomic mass is 35.5. The lowest BCUT2D eigenvalue weighted by Gasteiger charge is -2.25. The van der Waals surface area contributed by atoms with E-state index in [2.05, 4.69) is 20.2 Å². The minimum absolute atomic E-state index is 0.244. The zero-order valence-electron chi connectivity index (χ0n) is 11.8. The summed E-state index contributed by atoms with van der Waals surface area (Å²) >= 11 is 7.29. The summed E-state index contributed by atoms with van der Waals surface area (Å²) in [7, 11) is 0. The van der Waals surface area contributed by atoms with Gasteiger partial charge in [0.2, 0.25) is 0 Å². The Bertz CT molecular complexity index is 658. The molecule has 0 aromatic carbocycles. The van der Waals surface area contributed by atoms with Crippen molar-refractivity contribution in [2.24, 2.45) is 0 Å². The lowest BCUT2D eigenvalue weighted by Crippen LogP contribution is -2.35. The fourth-order valence-electron chi connectivity index (χ4n) is 2.11. The Kier molecular flexibility index (Phi) is 4.99. The number of thiazole rings is 1. The van der Waals surface area contributed by atoms with Gasteiger partial charge < -0.3 is 10.1 Å². The number of halogens is 1. The maximum absolute atomic E-state index is 12.2. The average molecular weight is 339 g/mol. The van der Waals surface area contributed by atoms with Crippen LogP contribution in [0.4, 0.5) is 5.69 Å². The molecule has 0 bridgehead atoms. The molecule has 0 spiro atoms. The number of carbonyl (C=O) groups is 1. The van der Waals surface area contributed by atoms with E-state index in [9.17, 15) is 4.79 Å². The van der Waals surface area contributed by atoms with Crippen LogP contribution < -0.4 is 5.32 Å². The number of ether oxygens (including phenoxy) is 1. The first-order valence-electron chi connectivity index (χ1n) is 6.88.